The van der Waals surface area contributed by atoms with Gasteiger partial charge in [0.1, 0.15) is 12.1 Å². The highest BCUT2D eigenvalue weighted by molar-refractivity contribution is 7.19. The second kappa shape index (κ2) is 10.7. The number of ether oxygens (including phenoxy) is 2. The fourth-order valence-electron chi connectivity index (χ4n) is 3.70. The molecule has 0 unspecified atom stereocenters. The van der Waals surface area contributed by atoms with Crippen LogP contribution in [-0.2, 0) is 11.2 Å². The van der Waals surface area contributed by atoms with Crippen molar-refractivity contribution in [1.82, 2.24) is 14.9 Å². The molecule has 0 fully saturated rings. The van der Waals surface area contributed by atoms with Gasteiger partial charge in [-0.15, -0.1) is 11.3 Å². The summed E-state index contributed by atoms with van der Waals surface area (Å²) in [5, 5.41) is 14.3. The Morgan fingerprint density at radius 1 is 1.15 bits per heavy atom. The van der Waals surface area contributed by atoms with E-state index in [-0.39, 0.29) is 6.42 Å². The van der Waals surface area contributed by atoms with Crippen LogP contribution in [-0.4, -0.2) is 60.3 Å². The molecule has 4 rings (SSSR count). The maximum atomic E-state index is 11.0. The van der Waals surface area contributed by atoms with E-state index < -0.39 is 5.97 Å². The van der Waals surface area contributed by atoms with Crippen LogP contribution in [0.25, 0.3) is 21.0 Å². The van der Waals surface area contributed by atoms with Crippen molar-refractivity contribution in [3.63, 3.8) is 0 Å². The first-order valence-corrected chi connectivity index (χ1v) is 11.9. The monoisotopic (exact) mass is 480 g/mol. The zero-order chi connectivity index (χ0) is 24.1. The van der Waals surface area contributed by atoms with Crippen molar-refractivity contribution in [1.29, 1.82) is 0 Å². The number of methoxy groups -OCH3 is 1. The summed E-state index contributed by atoms with van der Waals surface area (Å²) in [5.41, 5.74) is 1.65. The lowest BCUT2D eigenvalue weighted by atomic mass is 10.1. The number of hydrogen-bond donors (Lipinski definition) is 2. The number of nitrogens with one attached hydrogen (secondary N) is 1. The second-order valence-corrected chi connectivity index (χ2v) is 9.36. The number of rotatable bonds is 11. The van der Waals surface area contributed by atoms with Gasteiger partial charge in [-0.2, -0.15) is 0 Å². The number of anilines is 2. The minimum absolute atomic E-state index is 0.116. The highest BCUT2D eigenvalue weighted by Crippen LogP contribution is 2.37. The van der Waals surface area contributed by atoms with Crippen LogP contribution in [0.5, 0.6) is 11.5 Å². The zero-order valence-electron chi connectivity index (χ0n) is 19.5. The van der Waals surface area contributed by atoms with E-state index >= 15 is 0 Å². The van der Waals surface area contributed by atoms with E-state index in [1.165, 1.54) is 6.33 Å². The zero-order valence-corrected chi connectivity index (χ0v) is 20.3. The van der Waals surface area contributed by atoms with E-state index in [9.17, 15) is 4.79 Å². The van der Waals surface area contributed by atoms with Gasteiger partial charge < -0.3 is 24.8 Å². The Kier molecular flexibility index (Phi) is 7.44. The summed E-state index contributed by atoms with van der Waals surface area (Å²) in [6.45, 7) is 1.51. The van der Waals surface area contributed by atoms with Crippen molar-refractivity contribution in [2.24, 2.45) is 0 Å². The Balaban J connectivity index is 1.64. The van der Waals surface area contributed by atoms with Gasteiger partial charge in [0.25, 0.3) is 0 Å². The van der Waals surface area contributed by atoms with Crippen LogP contribution in [0.1, 0.15) is 17.7 Å². The number of aromatic nitrogens is 2. The number of carboxylic acids is 1. The third-order valence-corrected chi connectivity index (χ3v) is 6.54. The summed E-state index contributed by atoms with van der Waals surface area (Å²) in [4.78, 5) is 23.0. The second-order valence-electron chi connectivity index (χ2n) is 8.20. The predicted octanol–water partition coefficient (Wildman–Crippen LogP) is 4.94. The molecule has 0 aliphatic heterocycles. The molecule has 0 radical (unpaired) electrons. The summed E-state index contributed by atoms with van der Waals surface area (Å²) in [6.07, 6.45) is 3.05. The van der Waals surface area contributed by atoms with E-state index in [0.717, 1.165) is 44.5 Å². The van der Waals surface area contributed by atoms with E-state index in [1.54, 1.807) is 18.4 Å². The average Bonchev–Trinajstić information content (AvgIpc) is 3.24. The number of benzene rings is 2. The number of thiophene rings is 1. The van der Waals surface area contributed by atoms with E-state index in [2.05, 4.69) is 26.3 Å². The Morgan fingerprint density at radius 2 is 2.00 bits per heavy atom. The first-order valence-electron chi connectivity index (χ1n) is 11.0. The normalized spacial score (nSPS) is 11.3. The fraction of sp³-hybridized carbons (Fsp3) is 0.320. The summed E-state index contributed by atoms with van der Waals surface area (Å²) in [5.74, 6) is 1.15. The molecular weight excluding hydrogens is 452 g/mol. The van der Waals surface area contributed by atoms with Gasteiger partial charge in [-0.05, 0) is 51.2 Å². The van der Waals surface area contributed by atoms with E-state index in [0.29, 0.717) is 30.3 Å². The number of aryl methyl sites for hydroxylation is 1. The molecule has 2 aromatic carbocycles. The average molecular weight is 481 g/mol. The Hall–Kier alpha value is -3.43. The van der Waals surface area contributed by atoms with Crippen molar-refractivity contribution in [3.8, 4) is 11.5 Å². The van der Waals surface area contributed by atoms with Gasteiger partial charge in [-0.3, -0.25) is 4.79 Å². The lowest BCUT2D eigenvalue weighted by molar-refractivity contribution is -0.136. The molecule has 0 amide bonds. The maximum Gasteiger partial charge on any atom is 0.303 e. The molecule has 0 saturated heterocycles. The van der Waals surface area contributed by atoms with Crippen LogP contribution in [0, 0.1) is 0 Å². The molecule has 4 aromatic rings. The predicted molar refractivity (Wildman–Crippen MR) is 136 cm³/mol. The minimum Gasteiger partial charge on any atom is -0.493 e. The lowest BCUT2D eigenvalue weighted by Gasteiger charge is -2.15. The van der Waals surface area contributed by atoms with Crippen LogP contribution in [0.4, 0.5) is 11.5 Å². The third kappa shape index (κ3) is 5.55. The number of nitrogens with zero attached hydrogens (tertiary/aromatic N) is 3. The molecule has 2 heterocycles. The SMILES string of the molecule is COc1cc2ncnc(Nc3cccc4sc(CCC(=O)O)cc34)c2cc1OCCCN(C)C. The van der Waals surface area contributed by atoms with Crippen LogP contribution in [0.15, 0.2) is 42.7 Å². The Bertz CT molecular complexity index is 1310. The first-order chi connectivity index (χ1) is 16.4. The lowest BCUT2D eigenvalue weighted by Crippen LogP contribution is -2.15. The fourth-order valence-corrected chi connectivity index (χ4v) is 4.79. The smallest absolute Gasteiger partial charge is 0.303 e. The van der Waals surface area contributed by atoms with Gasteiger partial charge in [-0.25, -0.2) is 9.97 Å². The molecule has 0 atom stereocenters. The molecule has 178 valence electrons. The molecular formula is C25H28N4O4S. The van der Waals surface area contributed by atoms with Gasteiger partial charge in [0.2, 0.25) is 0 Å². The van der Waals surface area contributed by atoms with Crippen LogP contribution in [0.3, 0.4) is 0 Å². The van der Waals surface area contributed by atoms with Gasteiger partial charge >= 0.3 is 5.97 Å². The van der Waals surface area contributed by atoms with Crippen molar-refractivity contribution in [2.75, 3.05) is 39.7 Å². The van der Waals surface area contributed by atoms with Crippen molar-refractivity contribution in [2.45, 2.75) is 19.3 Å². The Morgan fingerprint density at radius 3 is 2.76 bits per heavy atom. The molecule has 9 heteroatoms. The summed E-state index contributed by atoms with van der Waals surface area (Å²) < 4.78 is 12.7. The maximum absolute atomic E-state index is 11.0. The number of fused-ring (bicyclic) bond motifs is 2. The Labute approximate surface area is 202 Å². The molecule has 2 aromatic heterocycles. The van der Waals surface area contributed by atoms with E-state index in [4.69, 9.17) is 14.6 Å². The minimum atomic E-state index is -0.793. The van der Waals surface area contributed by atoms with E-state index in [1.807, 2.05) is 44.4 Å². The molecule has 0 spiro atoms. The van der Waals surface area contributed by atoms with Gasteiger partial charge in [0, 0.05) is 38.6 Å². The highest BCUT2D eigenvalue weighted by Gasteiger charge is 2.14. The largest absolute Gasteiger partial charge is 0.493 e. The first kappa shape index (κ1) is 23.7. The summed E-state index contributed by atoms with van der Waals surface area (Å²) >= 11 is 1.61. The third-order valence-electron chi connectivity index (χ3n) is 5.38. The van der Waals surface area contributed by atoms with Crippen molar-refractivity contribution in [3.05, 3.63) is 47.6 Å². The quantitative estimate of drug-likeness (QED) is 0.291. The highest BCUT2D eigenvalue weighted by atomic mass is 32.1. The standard InChI is InChI=1S/C25H28N4O4S/c1-29(2)10-5-11-33-22-13-18-20(14-21(22)32-3)26-15-27-25(18)28-19-6-4-7-23-17(19)12-16(34-23)8-9-24(30)31/h4,6-7,12-15H,5,8-11H2,1-3H3,(H,30,31)(H,26,27,28). The summed E-state index contributed by atoms with van der Waals surface area (Å²) in [7, 11) is 5.69. The number of hydrogen-bond acceptors (Lipinski definition) is 8. The van der Waals surface area contributed by atoms with Gasteiger partial charge in [0.15, 0.2) is 11.5 Å². The van der Waals surface area contributed by atoms with Gasteiger partial charge in [-0.1, -0.05) is 6.07 Å². The molecule has 34 heavy (non-hydrogen) atoms. The van der Waals surface area contributed by atoms with Crippen molar-refractivity contribution >= 4 is 49.8 Å². The molecule has 8 nitrogen and oxygen atoms in total. The van der Waals surface area contributed by atoms with Crippen LogP contribution in [0.2, 0.25) is 0 Å². The molecule has 2 N–H and O–H groups in total. The molecule has 0 aliphatic carbocycles. The number of aliphatic carboxylic acids is 1. The topological polar surface area (TPSA) is 96.8 Å². The molecule has 0 aliphatic rings. The summed E-state index contributed by atoms with van der Waals surface area (Å²) in [6, 6.07) is 11.8. The molecule has 0 saturated carbocycles. The van der Waals surface area contributed by atoms with Crippen LogP contribution < -0.4 is 14.8 Å². The molecule has 0 bridgehead atoms. The van der Waals surface area contributed by atoms with Crippen LogP contribution >= 0.6 is 11.3 Å². The van der Waals surface area contributed by atoms with Gasteiger partial charge in [0.05, 0.1) is 25.7 Å². The number of carboxylic acid groups (broad SMARTS) is 1. The number of carbonyl (C=O) groups is 1. The van der Waals surface area contributed by atoms with Crippen molar-refractivity contribution < 1.29 is 19.4 Å².